The lowest BCUT2D eigenvalue weighted by molar-refractivity contribution is -0.384. The van der Waals surface area contributed by atoms with Gasteiger partial charge >= 0.3 is 5.76 Å². The van der Waals surface area contributed by atoms with E-state index < -0.39 is 22.5 Å². The number of rotatable bonds is 6. The van der Waals surface area contributed by atoms with Crippen molar-refractivity contribution in [3.8, 4) is 0 Å². The number of aromatic nitrogens is 1. The van der Waals surface area contributed by atoms with Crippen LogP contribution in [0.1, 0.15) is 5.56 Å². The van der Waals surface area contributed by atoms with Crippen LogP contribution in [-0.4, -0.2) is 39.8 Å². The van der Waals surface area contributed by atoms with Gasteiger partial charge in [0, 0.05) is 23.3 Å². The van der Waals surface area contributed by atoms with Crippen molar-refractivity contribution >= 4 is 50.2 Å². The van der Waals surface area contributed by atoms with Gasteiger partial charge in [-0.1, -0.05) is 15.9 Å². The van der Waals surface area contributed by atoms with E-state index in [-0.39, 0.29) is 29.9 Å². The van der Waals surface area contributed by atoms with Crippen molar-refractivity contribution in [2.75, 3.05) is 18.9 Å². The second kappa shape index (κ2) is 8.49. The number of oxazole rings is 1. The molecule has 0 aliphatic carbocycles. The molecule has 0 saturated carbocycles. The van der Waals surface area contributed by atoms with Crippen LogP contribution in [0.15, 0.2) is 50.1 Å². The third-order valence-corrected chi connectivity index (χ3v) is 4.92. The predicted molar refractivity (Wildman–Crippen MR) is 112 cm³/mol. The van der Waals surface area contributed by atoms with Gasteiger partial charge in [0.15, 0.2) is 5.58 Å². The Morgan fingerprint density at radius 3 is 2.67 bits per heavy atom. The Labute approximate surface area is 178 Å². The maximum atomic E-state index is 12.5. The third-order valence-electron chi connectivity index (χ3n) is 4.43. The van der Waals surface area contributed by atoms with Crippen molar-refractivity contribution in [3.63, 3.8) is 0 Å². The molecule has 0 fully saturated rings. The lowest BCUT2D eigenvalue weighted by Gasteiger charge is -2.17. The van der Waals surface area contributed by atoms with Crippen LogP contribution in [0.2, 0.25) is 0 Å². The summed E-state index contributed by atoms with van der Waals surface area (Å²) in [5, 5.41) is 13.6. The van der Waals surface area contributed by atoms with E-state index in [9.17, 15) is 24.5 Å². The molecule has 0 radical (unpaired) electrons. The van der Waals surface area contributed by atoms with Crippen LogP contribution in [0.5, 0.6) is 0 Å². The highest BCUT2D eigenvalue weighted by atomic mass is 79.9. The third kappa shape index (κ3) is 4.57. The number of fused-ring (bicyclic) bond motifs is 1. The largest absolute Gasteiger partial charge is 0.420 e. The minimum atomic E-state index is -0.817. The summed E-state index contributed by atoms with van der Waals surface area (Å²) in [6, 6.07) is 9.07. The number of nitrogens with one attached hydrogen (secondary N) is 1. The molecule has 3 rings (SSSR count). The monoisotopic (exact) mass is 476 g/mol. The maximum Gasteiger partial charge on any atom is 0.420 e. The van der Waals surface area contributed by atoms with Crippen LogP contribution in [-0.2, 0) is 16.1 Å². The van der Waals surface area contributed by atoms with Gasteiger partial charge in [-0.15, -0.1) is 0 Å². The molecule has 0 aliphatic heterocycles. The second-order valence-electron chi connectivity index (χ2n) is 6.62. The standard InChI is InChI=1S/C19H17BrN4O6/c1-11-7-12(20)3-5-14(11)21-17(25)9-22(2)18(26)10-23-15-6-4-13(24(28)29)8-16(15)30-19(23)27/h3-8H,9-10H2,1-2H3,(H,21,25). The first kappa shape index (κ1) is 21.2. The molecule has 0 saturated heterocycles. The number of nitro benzene ring substituents is 1. The maximum absolute atomic E-state index is 12.5. The molecule has 0 bridgehead atoms. The zero-order valence-corrected chi connectivity index (χ0v) is 17.6. The van der Waals surface area contributed by atoms with E-state index in [0.717, 1.165) is 20.7 Å². The van der Waals surface area contributed by atoms with Crippen LogP contribution >= 0.6 is 15.9 Å². The summed E-state index contributed by atoms with van der Waals surface area (Å²) in [7, 11) is 1.44. The molecule has 2 aromatic carbocycles. The first-order valence-corrected chi connectivity index (χ1v) is 9.53. The highest BCUT2D eigenvalue weighted by molar-refractivity contribution is 9.10. The molecule has 1 N–H and O–H groups in total. The van der Waals surface area contributed by atoms with Gasteiger partial charge in [0.05, 0.1) is 23.1 Å². The molecular weight excluding hydrogens is 460 g/mol. The molecule has 1 heterocycles. The number of nitrogens with zero attached hydrogens (tertiary/aromatic N) is 3. The van der Waals surface area contributed by atoms with Gasteiger partial charge in [0.25, 0.3) is 5.69 Å². The normalized spacial score (nSPS) is 10.8. The topological polar surface area (TPSA) is 128 Å². The van der Waals surface area contributed by atoms with E-state index in [4.69, 9.17) is 4.42 Å². The summed E-state index contributed by atoms with van der Waals surface area (Å²) in [6.45, 7) is 1.26. The number of anilines is 1. The van der Waals surface area contributed by atoms with Crippen molar-refractivity contribution in [2.24, 2.45) is 0 Å². The fourth-order valence-corrected chi connectivity index (χ4v) is 3.31. The zero-order valence-electron chi connectivity index (χ0n) is 16.0. The average molecular weight is 477 g/mol. The lowest BCUT2D eigenvalue weighted by atomic mass is 10.2. The molecule has 1 aromatic heterocycles. The molecule has 0 aliphatic rings. The number of carbonyl (C=O) groups excluding carboxylic acids is 2. The van der Waals surface area contributed by atoms with Crippen molar-refractivity contribution in [1.29, 1.82) is 0 Å². The summed E-state index contributed by atoms with van der Waals surface area (Å²) in [6.07, 6.45) is 0. The Morgan fingerprint density at radius 1 is 1.27 bits per heavy atom. The number of non-ortho nitro benzene ring substituents is 1. The van der Waals surface area contributed by atoms with Gasteiger partial charge < -0.3 is 14.6 Å². The summed E-state index contributed by atoms with van der Waals surface area (Å²) in [4.78, 5) is 48.3. The number of carbonyl (C=O) groups is 2. The summed E-state index contributed by atoms with van der Waals surface area (Å²) in [5.41, 5.74) is 1.52. The first-order chi connectivity index (χ1) is 14.2. The summed E-state index contributed by atoms with van der Waals surface area (Å²) >= 11 is 3.35. The number of halogens is 1. The SMILES string of the molecule is Cc1cc(Br)ccc1NC(=O)CN(C)C(=O)Cn1c(=O)oc2cc([N+](=O)[O-])ccc21. The van der Waals surface area contributed by atoms with E-state index in [0.29, 0.717) is 5.69 Å². The number of hydrogen-bond acceptors (Lipinski definition) is 6. The van der Waals surface area contributed by atoms with E-state index >= 15 is 0 Å². The number of amides is 2. The van der Waals surface area contributed by atoms with E-state index in [2.05, 4.69) is 21.2 Å². The predicted octanol–water partition coefficient (Wildman–Crippen LogP) is 2.67. The Balaban J connectivity index is 1.69. The highest BCUT2D eigenvalue weighted by Crippen LogP contribution is 2.21. The number of nitro groups is 1. The summed E-state index contributed by atoms with van der Waals surface area (Å²) < 4.78 is 6.95. The lowest BCUT2D eigenvalue weighted by Crippen LogP contribution is -2.38. The molecule has 11 heteroatoms. The molecule has 30 heavy (non-hydrogen) atoms. The van der Waals surface area contributed by atoms with Gasteiger partial charge in [-0.2, -0.15) is 0 Å². The van der Waals surface area contributed by atoms with Crippen molar-refractivity contribution in [3.05, 3.63) is 67.1 Å². The minimum absolute atomic E-state index is 0.00751. The number of likely N-dealkylation sites (N-methyl/N-ethyl adjacent to an activating group) is 1. The minimum Gasteiger partial charge on any atom is -0.407 e. The van der Waals surface area contributed by atoms with Crippen LogP contribution < -0.4 is 11.1 Å². The molecule has 0 spiro atoms. The van der Waals surface area contributed by atoms with Crippen LogP contribution in [0.25, 0.3) is 11.1 Å². The Hall–Kier alpha value is -3.47. The first-order valence-electron chi connectivity index (χ1n) is 8.73. The highest BCUT2D eigenvalue weighted by Gasteiger charge is 2.19. The average Bonchev–Trinajstić information content (AvgIpc) is 2.98. The zero-order chi connectivity index (χ0) is 22.0. The fraction of sp³-hybridized carbons (Fsp3) is 0.211. The molecule has 3 aromatic rings. The Bertz CT molecular complexity index is 1220. The molecule has 156 valence electrons. The Kier molecular flexibility index (Phi) is 6.01. The van der Waals surface area contributed by atoms with Crippen LogP contribution in [0.4, 0.5) is 11.4 Å². The molecule has 0 unspecified atom stereocenters. The van der Waals surface area contributed by atoms with Gasteiger partial charge in [-0.3, -0.25) is 24.3 Å². The van der Waals surface area contributed by atoms with Crippen LogP contribution in [0.3, 0.4) is 0 Å². The van der Waals surface area contributed by atoms with E-state index in [1.807, 2.05) is 13.0 Å². The van der Waals surface area contributed by atoms with Crippen molar-refractivity contribution < 1.29 is 18.9 Å². The molecule has 10 nitrogen and oxygen atoms in total. The number of benzene rings is 2. The van der Waals surface area contributed by atoms with Gasteiger partial charge in [0.2, 0.25) is 11.8 Å². The smallest absolute Gasteiger partial charge is 0.407 e. The van der Waals surface area contributed by atoms with Gasteiger partial charge in [-0.25, -0.2) is 4.79 Å². The van der Waals surface area contributed by atoms with Crippen LogP contribution in [0, 0.1) is 17.0 Å². The number of aryl methyl sites for hydroxylation is 1. The number of hydrogen-bond donors (Lipinski definition) is 1. The summed E-state index contributed by atoms with van der Waals surface area (Å²) in [5.74, 6) is -1.71. The molecular formula is C19H17BrN4O6. The van der Waals surface area contributed by atoms with Crippen molar-refractivity contribution in [1.82, 2.24) is 9.47 Å². The van der Waals surface area contributed by atoms with Gasteiger partial charge in [-0.05, 0) is 36.8 Å². The molecule has 0 atom stereocenters. The molecule has 2 amide bonds. The van der Waals surface area contributed by atoms with E-state index in [1.54, 1.807) is 12.1 Å². The second-order valence-corrected chi connectivity index (χ2v) is 7.54. The fourth-order valence-electron chi connectivity index (χ4n) is 2.83. The quantitative estimate of drug-likeness (QED) is 0.430. The van der Waals surface area contributed by atoms with Crippen molar-refractivity contribution in [2.45, 2.75) is 13.5 Å². The van der Waals surface area contributed by atoms with Gasteiger partial charge in [0.1, 0.15) is 6.54 Å². The Morgan fingerprint density at radius 2 is 2.00 bits per heavy atom. The van der Waals surface area contributed by atoms with E-state index in [1.165, 1.54) is 24.1 Å².